The molecule has 0 radical (unpaired) electrons. The minimum Gasteiger partial charge on any atom is -0.316 e. The average molecular weight is 207 g/mol. The highest BCUT2D eigenvalue weighted by molar-refractivity contribution is 5.82. The summed E-state index contributed by atoms with van der Waals surface area (Å²) in [7, 11) is 0. The topological polar surface area (TPSA) is 29.1 Å². The van der Waals surface area contributed by atoms with E-state index in [2.05, 4.69) is 11.4 Å². The molecule has 0 amide bonds. The Balaban J connectivity index is 1.76. The summed E-state index contributed by atoms with van der Waals surface area (Å²) in [5.74, 6) is 0.770. The van der Waals surface area contributed by atoms with E-state index in [4.69, 9.17) is 0 Å². The van der Waals surface area contributed by atoms with Gasteiger partial charge in [0.15, 0.2) is 0 Å². The fraction of sp³-hybridized carbons (Fsp3) is 0.769. The van der Waals surface area contributed by atoms with Crippen molar-refractivity contribution < 1.29 is 4.79 Å². The minimum atomic E-state index is 0.293. The molecule has 2 nitrogen and oxygen atoms in total. The van der Waals surface area contributed by atoms with E-state index in [0.717, 1.165) is 32.4 Å². The van der Waals surface area contributed by atoms with Gasteiger partial charge < -0.3 is 5.32 Å². The number of hydrogen-bond donors (Lipinski definition) is 1. The molecule has 15 heavy (non-hydrogen) atoms. The molecule has 1 fully saturated rings. The van der Waals surface area contributed by atoms with Crippen molar-refractivity contribution in [3.05, 3.63) is 11.6 Å². The number of ketones is 1. The maximum Gasteiger partial charge on any atom is 0.138 e. The quantitative estimate of drug-likeness (QED) is 0.720. The zero-order chi connectivity index (χ0) is 10.5. The van der Waals surface area contributed by atoms with Crippen molar-refractivity contribution in [2.75, 3.05) is 13.1 Å². The Bertz CT molecular complexity index is 257. The van der Waals surface area contributed by atoms with Gasteiger partial charge in [0.2, 0.25) is 0 Å². The van der Waals surface area contributed by atoms with Crippen LogP contribution >= 0.6 is 0 Å². The third-order valence-corrected chi connectivity index (χ3v) is 3.59. The maximum absolute atomic E-state index is 11.6. The van der Waals surface area contributed by atoms with Crippen LogP contribution < -0.4 is 5.32 Å². The van der Waals surface area contributed by atoms with Crippen LogP contribution in [0, 0.1) is 5.92 Å². The Morgan fingerprint density at radius 2 is 2.27 bits per heavy atom. The molecular formula is C13H21NO. The molecule has 1 unspecified atom stereocenters. The van der Waals surface area contributed by atoms with Crippen molar-refractivity contribution in [3.63, 3.8) is 0 Å². The van der Waals surface area contributed by atoms with Crippen molar-refractivity contribution in [1.82, 2.24) is 5.32 Å². The fourth-order valence-corrected chi connectivity index (χ4v) is 2.56. The molecule has 1 N–H and O–H groups in total. The third-order valence-electron chi connectivity index (χ3n) is 3.59. The number of rotatable bonds is 3. The van der Waals surface area contributed by atoms with Crippen LogP contribution in [0.1, 0.15) is 44.9 Å². The first-order valence-electron chi connectivity index (χ1n) is 6.27. The summed E-state index contributed by atoms with van der Waals surface area (Å²) in [6.45, 7) is 1.80. The van der Waals surface area contributed by atoms with E-state index in [1.165, 1.54) is 25.7 Å². The monoisotopic (exact) mass is 207 g/mol. The SMILES string of the molecule is O=C1CCNCC1CCC1=CCCCC1. The number of Topliss-reactive ketones (excluding diaryl/α,β-unsaturated/α-hetero) is 1. The Kier molecular flexibility index (Phi) is 3.95. The first kappa shape index (κ1) is 10.9. The van der Waals surface area contributed by atoms with Gasteiger partial charge in [0.1, 0.15) is 5.78 Å². The Labute approximate surface area is 92.1 Å². The first-order valence-corrected chi connectivity index (χ1v) is 6.27. The van der Waals surface area contributed by atoms with Crippen molar-refractivity contribution in [2.24, 2.45) is 5.92 Å². The van der Waals surface area contributed by atoms with E-state index in [0.29, 0.717) is 11.7 Å². The van der Waals surface area contributed by atoms with Gasteiger partial charge in [0.25, 0.3) is 0 Å². The van der Waals surface area contributed by atoms with Crippen LogP contribution in [0.5, 0.6) is 0 Å². The molecule has 0 bridgehead atoms. The largest absolute Gasteiger partial charge is 0.316 e. The van der Waals surface area contributed by atoms with E-state index in [1.54, 1.807) is 5.57 Å². The summed E-state index contributed by atoms with van der Waals surface area (Å²) in [5, 5.41) is 3.31. The van der Waals surface area contributed by atoms with Gasteiger partial charge in [-0.2, -0.15) is 0 Å². The summed E-state index contributed by atoms with van der Waals surface area (Å²) in [5.41, 5.74) is 1.60. The van der Waals surface area contributed by atoms with Gasteiger partial charge in [0, 0.05) is 25.4 Å². The second kappa shape index (κ2) is 5.45. The molecule has 84 valence electrons. The summed E-state index contributed by atoms with van der Waals surface area (Å²) >= 11 is 0. The second-order valence-corrected chi connectivity index (χ2v) is 4.76. The number of nitrogens with one attached hydrogen (secondary N) is 1. The number of allylic oxidation sites excluding steroid dienone is 2. The molecule has 1 aliphatic carbocycles. The summed E-state index contributed by atoms with van der Waals surface area (Å²) in [6.07, 6.45) is 10.6. The van der Waals surface area contributed by atoms with Gasteiger partial charge in [-0.25, -0.2) is 0 Å². The normalized spacial score (nSPS) is 27.6. The third kappa shape index (κ3) is 3.16. The van der Waals surface area contributed by atoms with E-state index < -0.39 is 0 Å². The maximum atomic E-state index is 11.6. The van der Waals surface area contributed by atoms with Crippen LogP contribution in [0.25, 0.3) is 0 Å². The molecule has 1 saturated heterocycles. The van der Waals surface area contributed by atoms with Crippen molar-refractivity contribution in [2.45, 2.75) is 44.9 Å². The highest BCUT2D eigenvalue weighted by Gasteiger charge is 2.21. The first-order chi connectivity index (χ1) is 7.36. The van der Waals surface area contributed by atoms with E-state index in [1.807, 2.05) is 0 Å². The molecule has 2 heteroatoms. The molecule has 2 rings (SSSR count). The number of carbonyl (C=O) groups is 1. The van der Waals surface area contributed by atoms with Gasteiger partial charge in [-0.1, -0.05) is 11.6 Å². The molecule has 0 aromatic heterocycles. The molecule has 0 saturated carbocycles. The number of piperidine rings is 1. The van der Waals surface area contributed by atoms with Crippen LogP contribution in [-0.2, 0) is 4.79 Å². The Hall–Kier alpha value is -0.630. The Morgan fingerprint density at radius 1 is 1.33 bits per heavy atom. The van der Waals surface area contributed by atoms with Crippen molar-refractivity contribution in [1.29, 1.82) is 0 Å². The Morgan fingerprint density at radius 3 is 3.00 bits per heavy atom. The predicted octanol–water partition coefficient (Wildman–Crippen LogP) is 2.45. The molecule has 1 aliphatic heterocycles. The van der Waals surface area contributed by atoms with Crippen molar-refractivity contribution >= 4 is 5.78 Å². The number of carbonyl (C=O) groups excluding carboxylic acids is 1. The zero-order valence-corrected chi connectivity index (χ0v) is 9.43. The standard InChI is InChI=1S/C13H21NO/c15-13-8-9-14-10-12(13)7-6-11-4-2-1-3-5-11/h4,12,14H,1-3,5-10H2. The molecular weight excluding hydrogens is 186 g/mol. The molecule has 1 heterocycles. The molecule has 0 spiro atoms. The van der Waals surface area contributed by atoms with E-state index >= 15 is 0 Å². The lowest BCUT2D eigenvalue weighted by molar-refractivity contribution is -0.124. The summed E-state index contributed by atoms with van der Waals surface area (Å²) < 4.78 is 0. The van der Waals surface area contributed by atoms with Crippen LogP contribution in [0.4, 0.5) is 0 Å². The van der Waals surface area contributed by atoms with Crippen LogP contribution in [0.15, 0.2) is 11.6 Å². The smallest absolute Gasteiger partial charge is 0.138 e. The van der Waals surface area contributed by atoms with Crippen LogP contribution in [0.2, 0.25) is 0 Å². The summed E-state index contributed by atoms with van der Waals surface area (Å²) in [6, 6.07) is 0. The molecule has 0 aromatic rings. The average Bonchev–Trinajstić information content (AvgIpc) is 2.29. The van der Waals surface area contributed by atoms with Crippen molar-refractivity contribution in [3.8, 4) is 0 Å². The van der Waals surface area contributed by atoms with E-state index in [-0.39, 0.29) is 0 Å². The van der Waals surface area contributed by atoms with Gasteiger partial charge >= 0.3 is 0 Å². The highest BCUT2D eigenvalue weighted by atomic mass is 16.1. The fourth-order valence-electron chi connectivity index (χ4n) is 2.56. The lowest BCUT2D eigenvalue weighted by Gasteiger charge is -2.22. The lowest BCUT2D eigenvalue weighted by atomic mass is 9.88. The minimum absolute atomic E-state index is 0.293. The second-order valence-electron chi connectivity index (χ2n) is 4.76. The lowest BCUT2D eigenvalue weighted by Crippen LogP contribution is -2.36. The number of hydrogen-bond acceptors (Lipinski definition) is 2. The van der Waals surface area contributed by atoms with Crippen LogP contribution in [-0.4, -0.2) is 18.9 Å². The highest BCUT2D eigenvalue weighted by Crippen LogP contribution is 2.24. The van der Waals surface area contributed by atoms with Crippen LogP contribution in [0.3, 0.4) is 0 Å². The van der Waals surface area contributed by atoms with E-state index in [9.17, 15) is 4.79 Å². The van der Waals surface area contributed by atoms with Gasteiger partial charge in [-0.3, -0.25) is 4.79 Å². The predicted molar refractivity (Wildman–Crippen MR) is 61.8 cm³/mol. The van der Waals surface area contributed by atoms with Gasteiger partial charge in [-0.15, -0.1) is 0 Å². The summed E-state index contributed by atoms with van der Waals surface area (Å²) in [4.78, 5) is 11.6. The molecule has 0 aromatic carbocycles. The molecule has 1 atom stereocenters. The molecule has 2 aliphatic rings. The van der Waals surface area contributed by atoms with Gasteiger partial charge in [-0.05, 0) is 38.5 Å². The zero-order valence-electron chi connectivity index (χ0n) is 9.43. The van der Waals surface area contributed by atoms with Gasteiger partial charge in [0.05, 0.1) is 0 Å².